The van der Waals surface area contributed by atoms with E-state index in [0.29, 0.717) is 5.69 Å². The van der Waals surface area contributed by atoms with Crippen molar-refractivity contribution in [1.29, 1.82) is 0 Å². The molecule has 2 amide bonds. The van der Waals surface area contributed by atoms with Crippen molar-refractivity contribution in [2.24, 2.45) is 11.0 Å². The van der Waals surface area contributed by atoms with E-state index < -0.39 is 4.92 Å². The minimum absolute atomic E-state index is 0.0199. The number of thiophene rings is 1. The van der Waals surface area contributed by atoms with E-state index in [-0.39, 0.29) is 23.7 Å². The van der Waals surface area contributed by atoms with Crippen molar-refractivity contribution in [3.05, 3.63) is 92.2 Å². The molecule has 1 N–H and O–H groups in total. The third-order valence-corrected chi connectivity index (χ3v) is 6.54. The average Bonchev–Trinajstić information content (AvgIpc) is 3.41. The number of nitro groups is 1. The topological polar surface area (TPSA) is 87.8 Å². The van der Waals surface area contributed by atoms with Gasteiger partial charge < -0.3 is 5.32 Å². The summed E-state index contributed by atoms with van der Waals surface area (Å²) in [5.74, 6) is 0.140. The fourth-order valence-corrected chi connectivity index (χ4v) is 5.09. The van der Waals surface area contributed by atoms with Crippen LogP contribution in [0.1, 0.15) is 28.5 Å². The summed E-state index contributed by atoms with van der Waals surface area (Å²) in [6, 6.07) is 17.6. The van der Waals surface area contributed by atoms with Crippen molar-refractivity contribution in [2.45, 2.75) is 18.9 Å². The second-order valence-electron chi connectivity index (χ2n) is 7.33. The fraction of sp³-hybridized carbons (Fsp3) is 0.182. The van der Waals surface area contributed by atoms with E-state index in [1.807, 2.05) is 29.6 Å². The number of hydrogen-bond donors (Lipinski definition) is 1. The first kappa shape index (κ1) is 18.5. The maximum atomic E-state index is 13.2. The number of benzene rings is 2. The Morgan fingerprint density at radius 3 is 2.67 bits per heavy atom. The summed E-state index contributed by atoms with van der Waals surface area (Å²) in [7, 11) is 0. The summed E-state index contributed by atoms with van der Waals surface area (Å²) in [6.45, 7) is 0. The van der Waals surface area contributed by atoms with Crippen LogP contribution in [0.15, 0.2) is 71.1 Å². The molecule has 8 heteroatoms. The largest absolute Gasteiger partial charge is 0.342 e. The number of nitrogens with one attached hydrogen (secondary N) is 1. The van der Waals surface area contributed by atoms with Crippen LogP contribution in [0.25, 0.3) is 0 Å². The van der Waals surface area contributed by atoms with Gasteiger partial charge in [0.2, 0.25) is 0 Å². The lowest BCUT2D eigenvalue weighted by molar-refractivity contribution is -0.384. The summed E-state index contributed by atoms with van der Waals surface area (Å²) in [5.41, 5.74) is 3.80. The molecule has 2 aliphatic rings. The van der Waals surface area contributed by atoms with E-state index in [0.717, 1.165) is 29.0 Å². The minimum Gasteiger partial charge on any atom is -0.306 e. The standard InChI is InChI=1S/C22H18N4O3S/c27-22(23-15-8-10-16(11-9-15)26(28)29)25-21(19-6-3-13-30-19)18-12-7-14-4-1-2-5-17(14)20(18)24-25/h1-6,8-11,13,18,21H,7,12H2,(H,23,27). The van der Waals surface area contributed by atoms with Crippen LogP contribution in [-0.2, 0) is 6.42 Å². The molecule has 150 valence electrons. The van der Waals surface area contributed by atoms with Gasteiger partial charge in [-0.2, -0.15) is 5.10 Å². The van der Waals surface area contributed by atoms with Crippen LogP contribution in [0.4, 0.5) is 16.2 Å². The van der Waals surface area contributed by atoms with Gasteiger partial charge in [0.25, 0.3) is 5.69 Å². The van der Waals surface area contributed by atoms with Gasteiger partial charge in [0.05, 0.1) is 16.7 Å². The summed E-state index contributed by atoms with van der Waals surface area (Å²) in [6.07, 6.45) is 1.89. The van der Waals surface area contributed by atoms with E-state index in [4.69, 9.17) is 5.10 Å². The van der Waals surface area contributed by atoms with E-state index >= 15 is 0 Å². The second-order valence-corrected chi connectivity index (χ2v) is 8.31. The lowest BCUT2D eigenvalue weighted by Gasteiger charge is -2.28. The molecule has 0 saturated heterocycles. The number of rotatable bonds is 3. The van der Waals surface area contributed by atoms with Crippen molar-refractivity contribution in [3.63, 3.8) is 0 Å². The Bertz CT molecular complexity index is 1140. The number of carbonyl (C=O) groups is 1. The van der Waals surface area contributed by atoms with E-state index in [2.05, 4.69) is 17.4 Å². The van der Waals surface area contributed by atoms with Gasteiger partial charge in [0.1, 0.15) is 0 Å². The number of hydrogen-bond acceptors (Lipinski definition) is 5. The number of non-ortho nitro benzene ring substituents is 1. The summed E-state index contributed by atoms with van der Waals surface area (Å²) in [5, 5.41) is 22.0. The molecule has 0 fully saturated rings. The molecule has 5 rings (SSSR count). The van der Waals surface area contributed by atoms with Gasteiger partial charge in [-0.15, -0.1) is 11.3 Å². The Morgan fingerprint density at radius 2 is 1.93 bits per heavy atom. The molecule has 1 aliphatic heterocycles. The fourth-order valence-electron chi connectivity index (χ4n) is 4.22. The van der Waals surface area contributed by atoms with Crippen molar-refractivity contribution >= 4 is 34.5 Å². The highest BCUT2D eigenvalue weighted by atomic mass is 32.1. The molecule has 1 aromatic heterocycles. The highest BCUT2D eigenvalue weighted by Gasteiger charge is 2.44. The van der Waals surface area contributed by atoms with Crippen LogP contribution in [0, 0.1) is 16.0 Å². The Morgan fingerprint density at radius 1 is 1.13 bits per heavy atom. The Kier molecular flexibility index (Phi) is 4.55. The number of aryl methyl sites for hydroxylation is 1. The molecule has 2 unspecified atom stereocenters. The number of hydrazone groups is 1. The molecule has 30 heavy (non-hydrogen) atoms. The zero-order valence-corrected chi connectivity index (χ0v) is 16.7. The molecule has 0 radical (unpaired) electrons. The number of carbonyl (C=O) groups excluding carboxylic acids is 1. The van der Waals surface area contributed by atoms with Crippen molar-refractivity contribution in [2.75, 3.05) is 5.32 Å². The predicted molar refractivity (Wildman–Crippen MR) is 116 cm³/mol. The van der Waals surface area contributed by atoms with Crippen molar-refractivity contribution in [1.82, 2.24) is 5.01 Å². The quantitative estimate of drug-likeness (QED) is 0.468. The third-order valence-electron chi connectivity index (χ3n) is 5.60. The van der Waals surface area contributed by atoms with Crippen LogP contribution >= 0.6 is 11.3 Å². The second kappa shape index (κ2) is 7.38. The van der Waals surface area contributed by atoms with Crippen molar-refractivity contribution < 1.29 is 9.72 Å². The first-order chi connectivity index (χ1) is 14.6. The summed E-state index contributed by atoms with van der Waals surface area (Å²) >= 11 is 1.62. The lowest BCUT2D eigenvalue weighted by atomic mass is 9.79. The average molecular weight is 418 g/mol. The van der Waals surface area contributed by atoms with Gasteiger partial charge >= 0.3 is 6.03 Å². The predicted octanol–water partition coefficient (Wildman–Crippen LogP) is 5.21. The number of fused-ring (bicyclic) bond motifs is 3. The number of urea groups is 1. The lowest BCUT2D eigenvalue weighted by Crippen LogP contribution is -2.34. The summed E-state index contributed by atoms with van der Waals surface area (Å²) < 4.78 is 0. The zero-order valence-electron chi connectivity index (χ0n) is 15.9. The smallest absolute Gasteiger partial charge is 0.306 e. The SMILES string of the molecule is O=C(Nc1ccc([N+](=O)[O-])cc1)N1N=C2c3ccccc3CCC2C1c1cccs1. The van der Waals surface area contributed by atoms with Gasteiger partial charge in [0, 0.05) is 34.2 Å². The van der Waals surface area contributed by atoms with Gasteiger partial charge in [-0.25, -0.2) is 9.80 Å². The molecule has 3 aromatic rings. The van der Waals surface area contributed by atoms with Crippen LogP contribution < -0.4 is 5.32 Å². The number of nitrogens with zero attached hydrogens (tertiary/aromatic N) is 3. The maximum Gasteiger partial charge on any atom is 0.342 e. The monoisotopic (exact) mass is 418 g/mol. The van der Waals surface area contributed by atoms with Gasteiger partial charge in [0.15, 0.2) is 0 Å². The molecule has 1 aliphatic carbocycles. The molecule has 2 atom stereocenters. The van der Waals surface area contributed by atoms with Crippen LogP contribution in [0.2, 0.25) is 0 Å². The van der Waals surface area contributed by atoms with Gasteiger partial charge in [-0.3, -0.25) is 10.1 Å². The Labute approximate surface area is 176 Å². The van der Waals surface area contributed by atoms with E-state index in [1.54, 1.807) is 11.3 Å². The zero-order chi connectivity index (χ0) is 20.7. The Balaban J connectivity index is 1.48. The molecule has 2 aromatic carbocycles. The van der Waals surface area contributed by atoms with Gasteiger partial charge in [-0.05, 0) is 42.0 Å². The number of nitro benzene ring substituents is 1. The summed E-state index contributed by atoms with van der Waals surface area (Å²) in [4.78, 5) is 24.7. The molecule has 2 heterocycles. The van der Waals surface area contributed by atoms with Crippen LogP contribution in [0.5, 0.6) is 0 Å². The number of anilines is 1. The highest BCUT2D eigenvalue weighted by molar-refractivity contribution is 7.10. The van der Waals surface area contributed by atoms with E-state index in [1.165, 1.54) is 34.8 Å². The molecule has 7 nitrogen and oxygen atoms in total. The van der Waals surface area contributed by atoms with Crippen molar-refractivity contribution in [3.8, 4) is 0 Å². The van der Waals surface area contributed by atoms with E-state index in [9.17, 15) is 14.9 Å². The van der Waals surface area contributed by atoms with Gasteiger partial charge in [-0.1, -0.05) is 30.3 Å². The third kappa shape index (κ3) is 3.15. The Hall–Kier alpha value is -3.52. The van der Waals surface area contributed by atoms with Crippen LogP contribution in [-0.4, -0.2) is 21.7 Å². The highest BCUT2D eigenvalue weighted by Crippen LogP contribution is 2.44. The molecule has 0 saturated carbocycles. The minimum atomic E-state index is -0.465. The first-order valence-corrected chi connectivity index (χ1v) is 10.5. The molecule has 0 spiro atoms. The number of amides is 2. The molecular formula is C22H18N4O3S. The molecule has 0 bridgehead atoms. The maximum absolute atomic E-state index is 13.2. The van der Waals surface area contributed by atoms with Crippen LogP contribution in [0.3, 0.4) is 0 Å². The molecular weight excluding hydrogens is 400 g/mol. The normalized spacial score (nSPS) is 19.6. The first-order valence-electron chi connectivity index (χ1n) is 9.66.